The minimum absolute atomic E-state index is 0.680. The number of benzene rings is 2. The number of rotatable bonds is 0. The lowest BCUT2D eigenvalue weighted by atomic mass is 10.1. The van der Waals surface area contributed by atoms with Crippen LogP contribution in [0.5, 0.6) is 5.75 Å². The number of para-hydroxylation sites is 1. The highest BCUT2D eigenvalue weighted by molar-refractivity contribution is 6.13. The molecule has 2 heterocycles. The molecular weight excluding hydrogens is 216 g/mol. The summed E-state index contributed by atoms with van der Waals surface area (Å²) in [5.74, 6) is 0.680. The highest BCUT2D eigenvalue weighted by Crippen LogP contribution is 2.33. The Hall–Kier alpha value is -2.49. The molecule has 1 aromatic heterocycles. The first-order chi connectivity index (χ1) is 8.43. The Morgan fingerprint density at radius 1 is 1.00 bits per heavy atom. The molecule has 0 aliphatic carbocycles. The second-order valence-corrected chi connectivity index (χ2v) is 3.96. The van der Waals surface area contributed by atoms with E-state index < -0.39 is 0 Å². The van der Waals surface area contributed by atoms with Gasteiger partial charge in [0.05, 0.1) is 17.3 Å². The van der Waals surface area contributed by atoms with E-state index in [9.17, 15) is 0 Å². The topological polar surface area (TPSA) is 46.6 Å². The lowest BCUT2D eigenvalue weighted by molar-refractivity contribution is -0.209. The van der Waals surface area contributed by atoms with Gasteiger partial charge in [0.15, 0.2) is 5.75 Å². The highest BCUT2D eigenvalue weighted by Gasteiger charge is 2.15. The summed E-state index contributed by atoms with van der Waals surface area (Å²) in [6.45, 7) is 0. The Labute approximate surface area is 96.4 Å². The van der Waals surface area contributed by atoms with Crippen LogP contribution in [0.3, 0.4) is 0 Å². The van der Waals surface area contributed by atoms with Gasteiger partial charge in [-0.25, -0.2) is 0 Å². The number of oxime groups is 1. The third-order valence-corrected chi connectivity index (χ3v) is 3.03. The third kappa shape index (κ3) is 1.09. The van der Waals surface area contributed by atoms with Crippen molar-refractivity contribution in [2.75, 3.05) is 0 Å². The van der Waals surface area contributed by atoms with Crippen LogP contribution in [0.1, 0.15) is 5.56 Å². The number of H-pyrrole nitrogens is 1. The lowest BCUT2D eigenvalue weighted by Crippen LogP contribution is -2.01. The van der Waals surface area contributed by atoms with Crippen molar-refractivity contribution in [3.63, 3.8) is 0 Å². The summed E-state index contributed by atoms with van der Waals surface area (Å²) in [4.78, 5) is 13.0. The van der Waals surface area contributed by atoms with Gasteiger partial charge in [0.2, 0.25) is 0 Å². The van der Waals surface area contributed by atoms with Gasteiger partial charge in [-0.2, -0.15) is 4.99 Å². The second-order valence-electron chi connectivity index (χ2n) is 3.96. The quantitative estimate of drug-likeness (QED) is 0.597. The van der Waals surface area contributed by atoms with E-state index in [1.165, 1.54) is 5.39 Å². The minimum Gasteiger partial charge on any atom is -0.354 e. The zero-order valence-corrected chi connectivity index (χ0v) is 8.81. The average molecular weight is 224 g/mol. The Bertz CT molecular complexity index is 759. The normalized spacial score (nSPS) is 13.4. The molecule has 1 aliphatic heterocycles. The SMILES string of the molecule is C1=NOOc2ccc3c([nH]c4ccccc43)c21. The van der Waals surface area contributed by atoms with Crippen LogP contribution in [0.4, 0.5) is 0 Å². The number of hydrogen-bond donors (Lipinski definition) is 1. The molecule has 4 rings (SSSR count). The number of aromatic amines is 1. The van der Waals surface area contributed by atoms with Gasteiger partial charge in [-0.15, -0.1) is 0 Å². The molecule has 2 aromatic carbocycles. The fourth-order valence-electron chi connectivity index (χ4n) is 2.26. The van der Waals surface area contributed by atoms with Gasteiger partial charge >= 0.3 is 0 Å². The van der Waals surface area contributed by atoms with E-state index in [0.717, 1.165) is 22.0 Å². The first kappa shape index (κ1) is 8.64. The van der Waals surface area contributed by atoms with Crippen molar-refractivity contribution in [1.82, 2.24) is 4.98 Å². The summed E-state index contributed by atoms with van der Waals surface area (Å²) >= 11 is 0. The van der Waals surface area contributed by atoms with Crippen molar-refractivity contribution in [2.45, 2.75) is 0 Å². The zero-order chi connectivity index (χ0) is 11.2. The van der Waals surface area contributed by atoms with Crippen LogP contribution in [0.15, 0.2) is 41.6 Å². The standard InChI is InChI=1S/C13H8N2O2/c1-2-4-11-8(3-1)9-5-6-12-10(13(9)15-11)7-14-17-16-12/h1-7,15H. The maximum absolute atomic E-state index is 5.01. The summed E-state index contributed by atoms with van der Waals surface area (Å²) in [6, 6.07) is 12.1. The van der Waals surface area contributed by atoms with Crippen LogP contribution in [0.25, 0.3) is 21.8 Å². The fraction of sp³-hybridized carbons (Fsp3) is 0. The van der Waals surface area contributed by atoms with Gasteiger partial charge in [0, 0.05) is 16.3 Å². The minimum atomic E-state index is 0.680. The van der Waals surface area contributed by atoms with Gasteiger partial charge in [-0.1, -0.05) is 18.2 Å². The molecule has 0 fully saturated rings. The van der Waals surface area contributed by atoms with E-state index in [-0.39, 0.29) is 0 Å². The van der Waals surface area contributed by atoms with Gasteiger partial charge in [-0.05, 0) is 23.4 Å². The molecule has 1 aliphatic rings. The summed E-state index contributed by atoms with van der Waals surface area (Å²) in [5.41, 5.74) is 3.05. The van der Waals surface area contributed by atoms with E-state index >= 15 is 0 Å². The number of nitrogens with zero attached hydrogens (tertiary/aromatic N) is 1. The Morgan fingerprint density at radius 3 is 2.94 bits per heavy atom. The van der Waals surface area contributed by atoms with E-state index in [1.807, 2.05) is 24.3 Å². The molecule has 0 saturated carbocycles. The smallest absolute Gasteiger partial charge is 0.192 e. The molecule has 0 amide bonds. The summed E-state index contributed by atoms with van der Waals surface area (Å²) in [6.07, 6.45) is 1.66. The third-order valence-electron chi connectivity index (χ3n) is 3.03. The van der Waals surface area contributed by atoms with Gasteiger partial charge in [0.1, 0.15) is 0 Å². The van der Waals surface area contributed by atoms with Crippen LogP contribution in [-0.4, -0.2) is 11.2 Å². The number of aromatic nitrogens is 1. The molecule has 4 heteroatoms. The molecular formula is C13H8N2O2. The van der Waals surface area contributed by atoms with E-state index in [2.05, 4.69) is 27.3 Å². The molecule has 0 radical (unpaired) electrons. The van der Waals surface area contributed by atoms with Crippen molar-refractivity contribution < 1.29 is 9.88 Å². The molecule has 0 unspecified atom stereocenters. The van der Waals surface area contributed by atoms with E-state index in [4.69, 9.17) is 4.89 Å². The van der Waals surface area contributed by atoms with Crippen molar-refractivity contribution in [3.8, 4) is 5.75 Å². The maximum Gasteiger partial charge on any atom is 0.192 e. The number of fused-ring (bicyclic) bond motifs is 5. The summed E-state index contributed by atoms with van der Waals surface area (Å²) in [5, 5.41) is 6.03. The summed E-state index contributed by atoms with van der Waals surface area (Å²) in [7, 11) is 0. The van der Waals surface area contributed by atoms with E-state index in [0.29, 0.717) is 5.75 Å². The Balaban J connectivity index is 2.22. The van der Waals surface area contributed by atoms with Crippen LogP contribution >= 0.6 is 0 Å². The van der Waals surface area contributed by atoms with Crippen molar-refractivity contribution >= 4 is 28.0 Å². The predicted molar refractivity (Wildman–Crippen MR) is 65.1 cm³/mol. The fourth-order valence-corrected chi connectivity index (χ4v) is 2.26. The number of hydrogen-bond acceptors (Lipinski definition) is 3. The molecule has 3 aromatic rings. The van der Waals surface area contributed by atoms with Crippen LogP contribution < -0.4 is 4.89 Å². The largest absolute Gasteiger partial charge is 0.354 e. The maximum atomic E-state index is 5.01. The molecule has 17 heavy (non-hydrogen) atoms. The first-order valence-electron chi connectivity index (χ1n) is 5.34. The van der Waals surface area contributed by atoms with Gasteiger partial charge < -0.3 is 4.98 Å². The monoisotopic (exact) mass is 224 g/mol. The Kier molecular flexibility index (Phi) is 1.53. The molecule has 0 bridgehead atoms. The Morgan fingerprint density at radius 2 is 1.94 bits per heavy atom. The molecule has 0 saturated heterocycles. The van der Waals surface area contributed by atoms with Crippen molar-refractivity contribution in [1.29, 1.82) is 0 Å². The number of nitrogens with one attached hydrogen (secondary N) is 1. The molecule has 4 nitrogen and oxygen atoms in total. The highest BCUT2D eigenvalue weighted by atomic mass is 17.3. The van der Waals surface area contributed by atoms with E-state index in [1.54, 1.807) is 6.21 Å². The van der Waals surface area contributed by atoms with Crippen molar-refractivity contribution in [2.24, 2.45) is 5.16 Å². The summed E-state index contributed by atoms with van der Waals surface area (Å²) < 4.78 is 0. The zero-order valence-electron chi connectivity index (χ0n) is 8.81. The second kappa shape index (κ2) is 3.01. The lowest BCUT2D eigenvalue weighted by Gasteiger charge is -2.08. The van der Waals surface area contributed by atoms with Crippen molar-refractivity contribution in [3.05, 3.63) is 42.0 Å². The van der Waals surface area contributed by atoms with Gasteiger partial charge in [-0.3, -0.25) is 4.89 Å². The predicted octanol–water partition coefficient (Wildman–Crippen LogP) is 2.98. The molecule has 82 valence electrons. The first-order valence-corrected chi connectivity index (χ1v) is 5.34. The van der Waals surface area contributed by atoms with Crippen LogP contribution in [0, 0.1) is 0 Å². The average Bonchev–Trinajstić information content (AvgIpc) is 2.78. The molecule has 1 N–H and O–H groups in total. The molecule has 0 atom stereocenters. The van der Waals surface area contributed by atoms with Crippen LogP contribution in [0.2, 0.25) is 0 Å². The molecule has 0 spiro atoms. The van der Waals surface area contributed by atoms with Crippen LogP contribution in [-0.2, 0) is 4.99 Å². The van der Waals surface area contributed by atoms with Gasteiger partial charge in [0.25, 0.3) is 0 Å².